The first-order valence-corrected chi connectivity index (χ1v) is 6.33. The maximum absolute atomic E-state index is 11.9. The predicted octanol–water partition coefficient (Wildman–Crippen LogP) is 0.385. The Hall–Kier alpha value is -0.610. The molecular weight excluding hydrogens is 204 g/mol. The van der Waals surface area contributed by atoms with Crippen molar-refractivity contribution in [3.63, 3.8) is 0 Å². The number of carbonyl (C=O) groups is 1. The van der Waals surface area contributed by atoms with Gasteiger partial charge in [0.15, 0.2) is 0 Å². The van der Waals surface area contributed by atoms with Gasteiger partial charge in [0.25, 0.3) is 0 Å². The highest BCUT2D eigenvalue weighted by molar-refractivity contribution is 5.79. The van der Waals surface area contributed by atoms with E-state index in [9.17, 15) is 4.79 Å². The second-order valence-corrected chi connectivity index (χ2v) is 5.04. The van der Waals surface area contributed by atoms with Crippen molar-refractivity contribution in [1.29, 1.82) is 0 Å². The average molecular weight is 226 g/mol. The summed E-state index contributed by atoms with van der Waals surface area (Å²) < 4.78 is 5.30. The van der Waals surface area contributed by atoms with E-state index >= 15 is 0 Å². The molecule has 92 valence electrons. The molecule has 4 nitrogen and oxygen atoms in total. The number of hydrogen-bond acceptors (Lipinski definition) is 3. The Bertz CT molecular complexity index is 239. The summed E-state index contributed by atoms with van der Waals surface area (Å²) in [6, 6.07) is 0. The summed E-state index contributed by atoms with van der Waals surface area (Å²) >= 11 is 0. The zero-order valence-corrected chi connectivity index (χ0v) is 10.00. The van der Waals surface area contributed by atoms with Crippen molar-refractivity contribution in [1.82, 2.24) is 10.6 Å². The number of carbonyl (C=O) groups excluding carboxylic acids is 1. The normalized spacial score (nSPS) is 31.6. The molecule has 2 aliphatic heterocycles. The summed E-state index contributed by atoms with van der Waals surface area (Å²) in [5, 5.41) is 6.35. The van der Waals surface area contributed by atoms with Gasteiger partial charge in [-0.1, -0.05) is 6.92 Å². The SMILES string of the molecule is C[C@@H]1CNC[C@H]1C(=O)NCC1CCOCC1. The second kappa shape index (κ2) is 5.64. The number of amides is 1. The minimum Gasteiger partial charge on any atom is -0.381 e. The fourth-order valence-corrected chi connectivity index (χ4v) is 2.49. The van der Waals surface area contributed by atoms with E-state index in [-0.39, 0.29) is 11.8 Å². The molecule has 0 aliphatic carbocycles. The Morgan fingerprint density at radius 1 is 1.38 bits per heavy atom. The van der Waals surface area contributed by atoms with Crippen LogP contribution < -0.4 is 10.6 Å². The predicted molar refractivity (Wildman–Crippen MR) is 62.1 cm³/mol. The summed E-state index contributed by atoms with van der Waals surface area (Å²) in [4.78, 5) is 11.9. The fraction of sp³-hybridized carbons (Fsp3) is 0.917. The lowest BCUT2D eigenvalue weighted by molar-refractivity contribution is -0.125. The van der Waals surface area contributed by atoms with Crippen molar-refractivity contribution in [3.8, 4) is 0 Å². The summed E-state index contributed by atoms with van der Waals surface area (Å²) in [5.41, 5.74) is 0. The Balaban J connectivity index is 1.70. The van der Waals surface area contributed by atoms with E-state index < -0.39 is 0 Å². The van der Waals surface area contributed by atoms with E-state index in [1.54, 1.807) is 0 Å². The van der Waals surface area contributed by atoms with Gasteiger partial charge in [-0.2, -0.15) is 0 Å². The number of nitrogens with one attached hydrogen (secondary N) is 2. The van der Waals surface area contributed by atoms with Crippen LogP contribution in [0.1, 0.15) is 19.8 Å². The van der Waals surface area contributed by atoms with E-state index in [1.165, 1.54) is 0 Å². The Kier molecular flexibility index (Phi) is 4.18. The highest BCUT2D eigenvalue weighted by Crippen LogP contribution is 2.17. The number of rotatable bonds is 3. The van der Waals surface area contributed by atoms with Crippen molar-refractivity contribution in [2.75, 3.05) is 32.8 Å². The van der Waals surface area contributed by atoms with Crippen LogP contribution in [0.2, 0.25) is 0 Å². The largest absolute Gasteiger partial charge is 0.381 e. The van der Waals surface area contributed by atoms with Crippen LogP contribution in [0, 0.1) is 17.8 Å². The van der Waals surface area contributed by atoms with E-state index in [0.717, 1.165) is 45.7 Å². The fourth-order valence-electron chi connectivity index (χ4n) is 2.49. The van der Waals surface area contributed by atoms with Gasteiger partial charge < -0.3 is 15.4 Å². The van der Waals surface area contributed by atoms with Gasteiger partial charge in [0, 0.05) is 26.3 Å². The first-order valence-electron chi connectivity index (χ1n) is 6.33. The highest BCUT2D eigenvalue weighted by atomic mass is 16.5. The maximum Gasteiger partial charge on any atom is 0.224 e. The monoisotopic (exact) mass is 226 g/mol. The molecule has 0 saturated carbocycles. The van der Waals surface area contributed by atoms with Crippen LogP contribution in [-0.4, -0.2) is 38.8 Å². The third-order valence-corrected chi connectivity index (χ3v) is 3.76. The van der Waals surface area contributed by atoms with Gasteiger partial charge in [0.1, 0.15) is 0 Å². The Morgan fingerprint density at radius 3 is 2.75 bits per heavy atom. The second-order valence-electron chi connectivity index (χ2n) is 5.04. The first kappa shape index (κ1) is 11.9. The van der Waals surface area contributed by atoms with Crippen LogP contribution in [0.5, 0.6) is 0 Å². The quantitative estimate of drug-likeness (QED) is 0.731. The molecule has 0 unspecified atom stereocenters. The van der Waals surface area contributed by atoms with E-state index in [0.29, 0.717) is 11.8 Å². The van der Waals surface area contributed by atoms with Crippen LogP contribution in [0.15, 0.2) is 0 Å². The van der Waals surface area contributed by atoms with Crippen LogP contribution in [-0.2, 0) is 9.53 Å². The molecule has 0 aromatic rings. The molecule has 2 N–H and O–H groups in total. The molecule has 2 atom stereocenters. The molecule has 16 heavy (non-hydrogen) atoms. The van der Waals surface area contributed by atoms with Crippen LogP contribution >= 0.6 is 0 Å². The lowest BCUT2D eigenvalue weighted by Crippen LogP contribution is -2.38. The molecule has 2 heterocycles. The van der Waals surface area contributed by atoms with Crippen molar-refractivity contribution in [2.45, 2.75) is 19.8 Å². The number of hydrogen-bond donors (Lipinski definition) is 2. The average Bonchev–Trinajstić information content (AvgIpc) is 2.74. The van der Waals surface area contributed by atoms with Crippen molar-refractivity contribution in [3.05, 3.63) is 0 Å². The molecule has 0 radical (unpaired) electrons. The summed E-state index contributed by atoms with van der Waals surface area (Å²) in [5.74, 6) is 1.47. The van der Waals surface area contributed by atoms with E-state index in [4.69, 9.17) is 4.74 Å². The molecule has 0 bridgehead atoms. The molecular formula is C12H22N2O2. The van der Waals surface area contributed by atoms with Crippen molar-refractivity contribution < 1.29 is 9.53 Å². The third-order valence-electron chi connectivity index (χ3n) is 3.76. The Labute approximate surface area is 97.1 Å². The smallest absolute Gasteiger partial charge is 0.224 e. The van der Waals surface area contributed by atoms with Crippen molar-refractivity contribution in [2.24, 2.45) is 17.8 Å². The van der Waals surface area contributed by atoms with Gasteiger partial charge in [0.05, 0.1) is 5.92 Å². The van der Waals surface area contributed by atoms with Crippen LogP contribution in [0.4, 0.5) is 0 Å². The standard InChI is InChI=1S/C12H22N2O2/c1-9-6-13-8-11(9)12(15)14-7-10-2-4-16-5-3-10/h9-11,13H,2-8H2,1H3,(H,14,15)/t9-,11-/m1/s1. The molecule has 2 fully saturated rings. The highest BCUT2D eigenvalue weighted by Gasteiger charge is 2.29. The van der Waals surface area contributed by atoms with Gasteiger partial charge in [0.2, 0.25) is 5.91 Å². The maximum atomic E-state index is 11.9. The van der Waals surface area contributed by atoms with Crippen LogP contribution in [0.25, 0.3) is 0 Å². The van der Waals surface area contributed by atoms with Gasteiger partial charge >= 0.3 is 0 Å². The van der Waals surface area contributed by atoms with Gasteiger partial charge in [-0.15, -0.1) is 0 Å². The molecule has 2 rings (SSSR count). The lowest BCUT2D eigenvalue weighted by atomic mass is 9.96. The molecule has 0 aromatic carbocycles. The Morgan fingerprint density at radius 2 is 2.12 bits per heavy atom. The summed E-state index contributed by atoms with van der Waals surface area (Å²) in [7, 11) is 0. The minimum absolute atomic E-state index is 0.167. The summed E-state index contributed by atoms with van der Waals surface area (Å²) in [6.07, 6.45) is 2.16. The molecule has 4 heteroatoms. The topological polar surface area (TPSA) is 50.4 Å². The van der Waals surface area contributed by atoms with Gasteiger partial charge in [-0.25, -0.2) is 0 Å². The van der Waals surface area contributed by atoms with Crippen molar-refractivity contribution >= 4 is 5.91 Å². The van der Waals surface area contributed by atoms with Crippen LogP contribution in [0.3, 0.4) is 0 Å². The third kappa shape index (κ3) is 2.95. The number of ether oxygens (including phenoxy) is 1. The first-order chi connectivity index (χ1) is 7.77. The zero-order valence-electron chi connectivity index (χ0n) is 10.00. The van der Waals surface area contributed by atoms with Gasteiger partial charge in [-0.05, 0) is 31.2 Å². The molecule has 1 amide bonds. The molecule has 0 spiro atoms. The molecule has 2 aliphatic rings. The zero-order chi connectivity index (χ0) is 11.4. The van der Waals surface area contributed by atoms with E-state index in [2.05, 4.69) is 17.6 Å². The molecule has 0 aromatic heterocycles. The van der Waals surface area contributed by atoms with Gasteiger partial charge in [-0.3, -0.25) is 4.79 Å². The summed E-state index contributed by atoms with van der Waals surface area (Å²) in [6.45, 7) is 6.46. The van der Waals surface area contributed by atoms with E-state index in [1.807, 2.05) is 0 Å². The minimum atomic E-state index is 0.167. The lowest BCUT2D eigenvalue weighted by Gasteiger charge is -2.23. The molecule has 2 saturated heterocycles.